The quantitative estimate of drug-likeness (QED) is 0.0191. The molecule has 1 rings (SSSR count). The number of phosphoric ester groups is 1. The molecule has 0 radical (unpaired) electrons. The van der Waals surface area contributed by atoms with Crippen LogP contribution in [-0.4, -0.2) is 98.3 Å². The van der Waals surface area contributed by atoms with Crippen LogP contribution in [0.5, 0.6) is 0 Å². The molecular formula is C50H97O13P. The number of ether oxygens (including phenoxy) is 2. The van der Waals surface area contributed by atoms with Crippen molar-refractivity contribution in [3.05, 3.63) is 0 Å². The Morgan fingerprint density at radius 2 is 0.703 bits per heavy atom. The fourth-order valence-electron chi connectivity index (χ4n) is 8.47. The van der Waals surface area contributed by atoms with Crippen molar-refractivity contribution < 1.29 is 63.1 Å². The fourth-order valence-corrected chi connectivity index (χ4v) is 9.44. The van der Waals surface area contributed by atoms with Crippen molar-refractivity contribution in [1.82, 2.24) is 0 Å². The Kier molecular flexibility index (Phi) is 38.9. The van der Waals surface area contributed by atoms with E-state index in [0.29, 0.717) is 12.8 Å². The van der Waals surface area contributed by atoms with Gasteiger partial charge in [0.05, 0.1) is 6.61 Å². The van der Waals surface area contributed by atoms with Gasteiger partial charge in [-0.15, -0.1) is 0 Å². The van der Waals surface area contributed by atoms with Crippen LogP contribution < -0.4 is 0 Å². The molecule has 0 saturated heterocycles. The molecule has 380 valence electrons. The fraction of sp³-hybridized carbons (Fsp3) is 0.960. The molecule has 0 aromatic rings. The second kappa shape index (κ2) is 40.9. The summed E-state index contributed by atoms with van der Waals surface area (Å²) < 4.78 is 33.6. The molecule has 0 bridgehead atoms. The average Bonchev–Trinajstić information content (AvgIpc) is 3.28. The van der Waals surface area contributed by atoms with Crippen LogP contribution in [0.15, 0.2) is 0 Å². The number of carbonyl (C=O) groups is 2. The minimum absolute atomic E-state index is 0.106. The Morgan fingerprint density at radius 1 is 0.422 bits per heavy atom. The summed E-state index contributed by atoms with van der Waals surface area (Å²) in [4.78, 5) is 35.8. The lowest BCUT2D eigenvalue weighted by molar-refractivity contribution is -0.220. The summed E-state index contributed by atoms with van der Waals surface area (Å²) in [5.41, 5.74) is 0. The molecule has 0 amide bonds. The molecule has 0 spiro atoms. The second-order valence-corrected chi connectivity index (χ2v) is 20.2. The molecule has 0 aromatic heterocycles. The number of aliphatic hydroxyl groups is 5. The molecule has 64 heavy (non-hydrogen) atoms. The highest BCUT2D eigenvalue weighted by molar-refractivity contribution is 7.47. The van der Waals surface area contributed by atoms with Gasteiger partial charge in [-0.2, -0.15) is 0 Å². The van der Waals surface area contributed by atoms with E-state index in [4.69, 9.17) is 18.5 Å². The first-order valence-corrected chi connectivity index (χ1v) is 27.8. The standard InChI is InChI=1S/C50H97O13P/c1-3-5-7-9-11-13-15-17-18-19-20-21-22-23-24-25-26-27-29-31-33-35-37-39-44(52)62-42(40-60-43(51)38-36-34-32-30-28-16-14-12-10-8-6-4-2)41-61-64(58,59)63-50-48(56)46(54)45(53)47(55)49(50)57/h42,45-50,53-57H,3-41H2,1-2H3,(H,58,59). The van der Waals surface area contributed by atoms with Crippen molar-refractivity contribution in [1.29, 1.82) is 0 Å². The maximum atomic E-state index is 12.8. The molecule has 6 unspecified atom stereocenters. The summed E-state index contributed by atoms with van der Waals surface area (Å²) in [5, 5.41) is 50.2. The van der Waals surface area contributed by atoms with Crippen LogP contribution >= 0.6 is 7.82 Å². The van der Waals surface area contributed by atoms with Crippen LogP contribution in [0.1, 0.15) is 251 Å². The average molecular weight is 937 g/mol. The zero-order chi connectivity index (χ0) is 47.1. The van der Waals surface area contributed by atoms with Crippen molar-refractivity contribution in [2.45, 2.75) is 294 Å². The van der Waals surface area contributed by atoms with Crippen LogP contribution in [-0.2, 0) is 32.7 Å². The van der Waals surface area contributed by atoms with Crippen LogP contribution in [0, 0.1) is 0 Å². The van der Waals surface area contributed by atoms with E-state index in [1.165, 1.54) is 173 Å². The van der Waals surface area contributed by atoms with Gasteiger partial charge in [0.15, 0.2) is 6.10 Å². The van der Waals surface area contributed by atoms with E-state index >= 15 is 0 Å². The summed E-state index contributed by atoms with van der Waals surface area (Å²) in [6.45, 7) is 3.34. The molecule has 1 aliphatic carbocycles. The van der Waals surface area contributed by atoms with Crippen molar-refractivity contribution >= 4 is 19.8 Å². The summed E-state index contributed by atoms with van der Waals surface area (Å²) in [5.74, 6) is -1.08. The third-order valence-corrected chi connectivity index (χ3v) is 13.7. The summed E-state index contributed by atoms with van der Waals surface area (Å²) in [7, 11) is -5.11. The van der Waals surface area contributed by atoms with Gasteiger partial charge in [0.2, 0.25) is 0 Å². The monoisotopic (exact) mass is 937 g/mol. The maximum Gasteiger partial charge on any atom is 0.472 e. The second-order valence-electron chi connectivity index (χ2n) is 18.7. The van der Waals surface area contributed by atoms with Crippen LogP contribution in [0.3, 0.4) is 0 Å². The Morgan fingerprint density at radius 3 is 1.03 bits per heavy atom. The largest absolute Gasteiger partial charge is 0.472 e. The molecule has 0 aliphatic heterocycles. The van der Waals surface area contributed by atoms with Gasteiger partial charge in [-0.25, -0.2) is 4.57 Å². The lowest BCUT2D eigenvalue weighted by Gasteiger charge is -2.41. The molecule has 6 N–H and O–H groups in total. The highest BCUT2D eigenvalue weighted by Gasteiger charge is 2.51. The molecule has 0 aromatic carbocycles. The molecule has 1 saturated carbocycles. The first kappa shape index (κ1) is 60.9. The summed E-state index contributed by atoms with van der Waals surface area (Å²) >= 11 is 0. The smallest absolute Gasteiger partial charge is 0.462 e. The topological polar surface area (TPSA) is 210 Å². The van der Waals surface area contributed by atoms with Crippen LogP contribution in [0.4, 0.5) is 0 Å². The third-order valence-electron chi connectivity index (χ3n) is 12.7. The number of aliphatic hydroxyl groups excluding tert-OH is 5. The number of hydrogen-bond acceptors (Lipinski definition) is 12. The summed E-state index contributed by atoms with van der Waals surface area (Å²) in [6.07, 6.45) is 30.2. The van der Waals surface area contributed by atoms with E-state index in [9.17, 15) is 44.6 Å². The Balaban J connectivity index is 2.32. The zero-order valence-electron chi connectivity index (χ0n) is 40.6. The first-order chi connectivity index (χ1) is 30.9. The molecule has 6 atom stereocenters. The van der Waals surface area contributed by atoms with Gasteiger partial charge in [-0.3, -0.25) is 18.6 Å². The van der Waals surface area contributed by atoms with Gasteiger partial charge in [0.1, 0.15) is 43.2 Å². The van der Waals surface area contributed by atoms with Gasteiger partial charge in [0, 0.05) is 12.8 Å². The SMILES string of the molecule is CCCCCCCCCCCCCCCCCCCCCCCCCC(=O)OC(COC(=O)CCCCCCCCCCCCCC)COP(=O)(O)OC1C(O)C(O)C(O)C(O)C1O. The lowest BCUT2D eigenvalue weighted by atomic mass is 9.85. The van der Waals surface area contributed by atoms with Crippen molar-refractivity contribution in [2.24, 2.45) is 0 Å². The van der Waals surface area contributed by atoms with Gasteiger partial charge in [-0.05, 0) is 12.8 Å². The normalized spacial score (nSPS) is 21.4. The molecule has 14 heteroatoms. The number of rotatable bonds is 45. The Bertz CT molecular complexity index is 1130. The number of phosphoric acid groups is 1. The minimum Gasteiger partial charge on any atom is -0.462 e. The maximum absolute atomic E-state index is 12.8. The van der Waals surface area contributed by atoms with Crippen molar-refractivity contribution in [2.75, 3.05) is 13.2 Å². The molecular weight excluding hydrogens is 840 g/mol. The lowest BCUT2D eigenvalue weighted by Crippen LogP contribution is -2.64. The van der Waals surface area contributed by atoms with E-state index in [0.717, 1.165) is 38.5 Å². The molecule has 0 heterocycles. The minimum atomic E-state index is -5.11. The van der Waals surface area contributed by atoms with Crippen LogP contribution in [0.25, 0.3) is 0 Å². The van der Waals surface area contributed by atoms with E-state index in [1.54, 1.807) is 0 Å². The molecule has 1 aliphatic rings. The highest BCUT2D eigenvalue weighted by Crippen LogP contribution is 2.47. The van der Waals surface area contributed by atoms with Crippen molar-refractivity contribution in [3.63, 3.8) is 0 Å². The zero-order valence-corrected chi connectivity index (χ0v) is 41.5. The third kappa shape index (κ3) is 32.5. The summed E-state index contributed by atoms with van der Waals surface area (Å²) in [6, 6.07) is 0. The number of unbranched alkanes of at least 4 members (excludes halogenated alkanes) is 33. The predicted octanol–water partition coefficient (Wildman–Crippen LogP) is 11.2. The van der Waals surface area contributed by atoms with Gasteiger partial charge in [-0.1, -0.05) is 226 Å². The Labute approximate surface area is 389 Å². The number of carbonyl (C=O) groups excluding carboxylic acids is 2. The van der Waals surface area contributed by atoms with E-state index in [2.05, 4.69) is 13.8 Å². The Hall–Kier alpha value is -1.15. The highest BCUT2D eigenvalue weighted by atomic mass is 31.2. The van der Waals surface area contributed by atoms with E-state index in [1.807, 2.05) is 0 Å². The number of esters is 2. The van der Waals surface area contributed by atoms with Crippen molar-refractivity contribution in [3.8, 4) is 0 Å². The number of hydrogen-bond donors (Lipinski definition) is 6. The van der Waals surface area contributed by atoms with E-state index in [-0.39, 0.29) is 12.8 Å². The van der Waals surface area contributed by atoms with Gasteiger partial charge in [0.25, 0.3) is 0 Å². The first-order valence-electron chi connectivity index (χ1n) is 26.3. The van der Waals surface area contributed by atoms with Gasteiger partial charge >= 0.3 is 19.8 Å². The molecule has 13 nitrogen and oxygen atoms in total. The van der Waals surface area contributed by atoms with Gasteiger partial charge < -0.3 is 39.9 Å². The molecule has 1 fully saturated rings. The van der Waals surface area contributed by atoms with E-state index < -0.39 is 75.7 Å². The predicted molar refractivity (Wildman–Crippen MR) is 254 cm³/mol. The van der Waals surface area contributed by atoms with Crippen LogP contribution in [0.2, 0.25) is 0 Å².